The average Bonchev–Trinajstić information content (AvgIpc) is 3.22. The van der Waals surface area contributed by atoms with Gasteiger partial charge < -0.3 is 5.32 Å². The summed E-state index contributed by atoms with van der Waals surface area (Å²) in [4.78, 5) is 12.9. The van der Waals surface area contributed by atoms with E-state index in [9.17, 15) is 9.18 Å². The van der Waals surface area contributed by atoms with Crippen LogP contribution in [0.2, 0.25) is 0 Å². The summed E-state index contributed by atoms with van der Waals surface area (Å²) in [5, 5.41) is 12.1. The fourth-order valence-electron chi connectivity index (χ4n) is 3.46. The second-order valence-corrected chi connectivity index (χ2v) is 9.09. The van der Waals surface area contributed by atoms with Gasteiger partial charge in [0.25, 0.3) is 0 Å². The smallest absolute Gasteiger partial charge is 0.233 e. The van der Waals surface area contributed by atoms with Gasteiger partial charge in [0.05, 0.1) is 17.8 Å². The maximum absolute atomic E-state index is 13.5. The minimum atomic E-state index is -0.379. The molecule has 0 fully saturated rings. The van der Waals surface area contributed by atoms with Crippen molar-refractivity contribution in [2.75, 3.05) is 0 Å². The van der Waals surface area contributed by atoms with E-state index in [2.05, 4.69) is 15.5 Å². The summed E-state index contributed by atoms with van der Waals surface area (Å²) in [6.07, 6.45) is 0. The van der Waals surface area contributed by atoms with E-state index in [1.54, 1.807) is 12.1 Å². The highest BCUT2D eigenvalue weighted by molar-refractivity contribution is 8.00. The first-order chi connectivity index (χ1) is 16.0. The largest absolute Gasteiger partial charge is 0.349 e. The predicted octanol–water partition coefficient (Wildman–Crippen LogP) is 5.49. The summed E-state index contributed by atoms with van der Waals surface area (Å²) >= 11 is 1.36. The molecule has 2 atom stereocenters. The maximum Gasteiger partial charge on any atom is 0.233 e. The van der Waals surface area contributed by atoms with Crippen molar-refractivity contribution in [2.24, 2.45) is 0 Å². The monoisotopic (exact) mass is 460 g/mol. The van der Waals surface area contributed by atoms with Gasteiger partial charge in [0.15, 0.2) is 11.0 Å². The zero-order valence-electron chi connectivity index (χ0n) is 18.5. The lowest BCUT2D eigenvalue weighted by Crippen LogP contribution is -2.33. The van der Waals surface area contributed by atoms with Gasteiger partial charge in [0.2, 0.25) is 5.91 Å². The first-order valence-electron chi connectivity index (χ1n) is 10.8. The van der Waals surface area contributed by atoms with E-state index in [-0.39, 0.29) is 23.0 Å². The molecule has 168 valence electrons. The van der Waals surface area contributed by atoms with Gasteiger partial charge in [-0.2, -0.15) is 0 Å². The van der Waals surface area contributed by atoms with Gasteiger partial charge in [-0.25, -0.2) is 4.39 Å². The quantitative estimate of drug-likeness (QED) is 0.353. The highest BCUT2D eigenvalue weighted by Crippen LogP contribution is 2.28. The standard InChI is InChI=1S/C26H25FN4OS/c1-18(21-11-7-4-8-12-21)28-25(32)19(2)33-26-30-29-24(22-13-15-23(27)16-14-22)31(26)17-20-9-5-3-6-10-20/h3-16,18-19H,17H2,1-2H3,(H,28,32). The van der Waals surface area contributed by atoms with Gasteiger partial charge in [-0.05, 0) is 49.2 Å². The Kier molecular flexibility index (Phi) is 7.19. The molecule has 1 aromatic heterocycles. The number of amides is 1. The van der Waals surface area contributed by atoms with Crippen LogP contribution in [0.5, 0.6) is 0 Å². The van der Waals surface area contributed by atoms with Gasteiger partial charge in [-0.1, -0.05) is 72.4 Å². The molecular formula is C26H25FN4OS. The third-order valence-electron chi connectivity index (χ3n) is 5.31. The number of benzene rings is 3. The molecule has 5 nitrogen and oxygen atoms in total. The first-order valence-corrected chi connectivity index (χ1v) is 11.6. The highest BCUT2D eigenvalue weighted by Gasteiger charge is 2.22. The van der Waals surface area contributed by atoms with Gasteiger partial charge >= 0.3 is 0 Å². The lowest BCUT2D eigenvalue weighted by atomic mass is 10.1. The molecular weight excluding hydrogens is 435 g/mol. The molecule has 4 rings (SSSR count). The molecule has 0 radical (unpaired) electrons. The van der Waals surface area contributed by atoms with E-state index < -0.39 is 0 Å². The summed E-state index contributed by atoms with van der Waals surface area (Å²) in [5.41, 5.74) is 2.90. The van der Waals surface area contributed by atoms with E-state index >= 15 is 0 Å². The molecule has 33 heavy (non-hydrogen) atoms. The number of hydrogen-bond acceptors (Lipinski definition) is 4. The van der Waals surface area contributed by atoms with Gasteiger partial charge in [-0.15, -0.1) is 10.2 Å². The Morgan fingerprint density at radius 3 is 2.24 bits per heavy atom. The average molecular weight is 461 g/mol. The molecule has 0 aliphatic carbocycles. The number of nitrogens with zero attached hydrogens (tertiary/aromatic N) is 3. The number of carbonyl (C=O) groups excluding carboxylic acids is 1. The number of halogens is 1. The number of nitrogens with one attached hydrogen (secondary N) is 1. The first kappa shape index (κ1) is 22.7. The number of thioether (sulfide) groups is 1. The van der Waals surface area contributed by atoms with Crippen molar-refractivity contribution < 1.29 is 9.18 Å². The van der Waals surface area contributed by atoms with Crippen LogP contribution < -0.4 is 5.32 Å². The molecule has 1 amide bonds. The summed E-state index contributed by atoms with van der Waals surface area (Å²) in [6, 6.07) is 25.9. The topological polar surface area (TPSA) is 59.8 Å². The molecule has 0 bridgehead atoms. The van der Waals surface area contributed by atoms with E-state index in [1.165, 1.54) is 23.9 Å². The second-order valence-electron chi connectivity index (χ2n) is 7.79. The molecule has 0 spiro atoms. The van der Waals surface area contributed by atoms with E-state index in [4.69, 9.17) is 0 Å². The van der Waals surface area contributed by atoms with Crippen molar-refractivity contribution in [1.29, 1.82) is 0 Å². The van der Waals surface area contributed by atoms with E-state index in [1.807, 2.05) is 79.1 Å². The third kappa shape index (κ3) is 5.68. The predicted molar refractivity (Wildman–Crippen MR) is 129 cm³/mol. The Bertz CT molecular complexity index is 1200. The Balaban J connectivity index is 1.56. The van der Waals surface area contributed by atoms with Crippen LogP contribution in [0, 0.1) is 5.82 Å². The molecule has 2 unspecified atom stereocenters. The highest BCUT2D eigenvalue weighted by atomic mass is 32.2. The summed E-state index contributed by atoms with van der Waals surface area (Å²) in [5.74, 6) is 0.251. The fraction of sp³-hybridized carbons (Fsp3) is 0.192. The summed E-state index contributed by atoms with van der Waals surface area (Å²) in [6.45, 7) is 4.36. The van der Waals surface area contributed by atoms with Crippen LogP contribution in [-0.2, 0) is 11.3 Å². The van der Waals surface area contributed by atoms with Crippen LogP contribution in [0.3, 0.4) is 0 Å². The molecule has 0 saturated heterocycles. The molecule has 3 aromatic carbocycles. The number of hydrogen-bond donors (Lipinski definition) is 1. The van der Waals surface area contributed by atoms with Crippen molar-refractivity contribution >= 4 is 17.7 Å². The molecule has 4 aromatic rings. The van der Waals surface area contributed by atoms with E-state index in [0.29, 0.717) is 17.5 Å². The number of aromatic nitrogens is 3. The van der Waals surface area contributed by atoms with Crippen LogP contribution in [0.1, 0.15) is 31.0 Å². The SMILES string of the molecule is CC(Sc1nnc(-c2ccc(F)cc2)n1Cc1ccccc1)C(=O)NC(C)c1ccccc1. The van der Waals surface area contributed by atoms with Crippen molar-refractivity contribution in [2.45, 2.75) is 36.8 Å². The molecule has 1 N–H and O–H groups in total. The van der Waals surface area contributed by atoms with Crippen LogP contribution in [0.4, 0.5) is 4.39 Å². The Morgan fingerprint density at radius 2 is 1.58 bits per heavy atom. The van der Waals surface area contributed by atoms with Crippen molar-refractivity contribution in [3.63, 3.8) is 0 Å². The lowest BCUT2D eigenvalue weighted by molar-refractivity contribution is -0.120. The zero-order valence-corrected chi connectivity index (χ0v) is 19.3. The molecule has 0 aliphatic rings. The zero-order chi connectivity index (χ0) is 23.2. The van der Waals surface area contributed by atoms with Crippen LogP contribution >= 0.6 is 11.8 Å². The Hall–Kier alpha value is -3.45. The number of carbonyl (C=O) groups is 1. The summed E-state index contributed by atoms with van der Waals surface area (Å²) < 4.78 is 15.4. The lowest BCUT2D eigenvalue weighted by Gasteiger charge is -2.18. The van der Waals surface area contributed by atoms with E-state index in [0.717, 1.165) is 16.7 Å². The minimum Gasteiger partial charge on any atom is -0.349 e. The molecule has 0 saturated carbocycles. The normalized spacial score (nSPS) is 12.8. The minimum absolute atomic E-state index is 0.0750. The summed E-state index contributed by atoms with van der Waals surface area (Å²) in [7, 11) is 0. The van der Waals surface area contributed by atoms with Gasteiger partial charge in [0, 0.05) is 5.56 Å². The van der Waals surface area contributed by atoms with Crippen LogP contribution in [0.15, 0.2) is 90.1 Å². The van der Waals surface area contributed by atoms with Crippen molar-refractivity contribution in [3.8, 4) is 11.4 Å². The molecule has 7 heteroatoms. The Labute approximate surface area is 197 Å². The maximum atomic E-state index is 13.5. The Morgan fingerprint density at radius 1 is 0.939 bits per heavy atom. The number of rotatable bonds is 8. The van der Waals surface area contributed by atoms with Crippen molar-refractivity contribution in [3.05, 3.63) is 102 Å². The van der Waals surface area contributed by atoms with Crippen LogP contribution in [-0.4, -0.2) is 25.9 Å². The second kappa shape index (κ2) is 10.4. The van der Waals surface area contributed by atoms with Crippen LogP contribution in [0.25, 0.3) is 11.4 Å². The molecule has 0 aliphatic heterocycles. The molecule has 1 heterocycles. The fourth-order valence-corrected chi connectivity index (χ4v) is 4.32. The van der Waals surface area contributed by atoms with Gasteiger partial charge in [0.1, 0.15) is 5.82 Å². The third-order valence-corrected chi connectivity index (χ3v) is 6.39. The van der Waals surface area contributed by atoms with Crippen molar-refractivity contribution in [1.82, 2.24) is 20.1 Å². The van der Waals surface area contributed by atoms with Gasteiger partial charge in [-0.3, -0.25) is 9.36 Å².